The Morgan fingerprint density at radius 2 is 2.12 bits per heavy atom. The van der Waals surface area contributed by atoms with E-state index in [4.69, 9.17) is 19.5 Å². The molecule has 1 aromatic carbocycles. The van der Waals surface area contributed by atoms with E-state index in [1.807, 2.05) is 0 Å². The molecule has 182 valence electrons. The van der Waals surface area contributed by atoms with Gasteiger partial charge in [-0.15, -0.1) is 0 Å². The Morgan fingerprint density at radius 3 is 2.85 bits per heavy atom. The van der Waals surface area contributed by atoms with Crippen LogP contribution >= 0.6 is 7.75 Å². The fourth-order valence-corrected chi connectivity index (χ4v) is 5.05. The Morgan fingerprint density at radius 1 is 1.35 bits per heavy atom. The van der Waals surface area contributed by atoms with Crippen molar-refractivity contribution >= 4 is 30.6 Å². The van der Waals surface area contributed by atoms with E-state index in [-0.39, 0.29) is 18.8 Å². The summed E-state index contributed by atoms with van der Waals surface area (Å²) in [5.74, 6) is -0.369. The average molecular weight is 491 g/mol. The van der Waals surface area contributed by atoms with Crippen LogP contribution in [0.3, 0.4) is 0 Å². The molecule has 12 nitrogen and oxygen atoms in total. The molecule has 1 aliphatic rings. The minimum atomic E-state index is -4.06. The third-order valence-electron chi connectivity index (χ3n) is 5.29. The number of imidazole rings is 1. The largest absolute Gasteiger partial charge is 0.468 e. The van der Waals surface area contributed by atoms with Crippen molar-refractivity contribution in [2.45, 2.75) is 37.8 Å². The molecule has 1 aliphatic heterocycles. The number of benzene rings is 1. The number of carbonyl (C=O) groups is 1. The van der Waals surface area contributed by atoms with Crippen LogP contribution in [0.2, 0.25) is 0 Å². The van der Waals surface area contributed by atoms with E-state index in [2.05, 4.69) is 19.8 Å². The van der Waals surface area contributed by atoms with E-state index in [0.29, 0.717) is 16.9 Å². The van der Waals surface area contributed by atoms with Crippen LogP contribution in [0.25, 0.3) is 11.2 Å². The minimum absolute atomic E-state index is 0.228. The molecule has 0 amide bonds. The first-order valence-electron chi connectivity index (χ1n) is 10.5. The van der Waals surface area contributed by atoms with E-state index in [1.54, 1.807) is 47.2 Å². The molecule has 4 N–H and O–H groups in total. The second-order valence-corrected chi connectivity index (χ2v) is 9.42. The number of ether oxygens (including phenoxy) is 2. The molecule has 1 unspecified atom stereocenters. The SMILES string of the molecule is COC(=O)[C@H](C)NP(=O)(OC[C@H]1O[C@@H](n2cnc3c(N)ccnc32)C[C@@H]1O)Oc1ccccc1. The Balaban J connectivity index is 1.47. The quantitative estimate of drug-likeness (QED) is 0.297. The van der Waals surface area contributed by atoms with E-state index < -0.39 is 38.2 Å². The minimum Gasteiger partial charge on any atom is -0.468 e. The Bertz CT molecular complexity index is 1190. The number of fused-ring (bicyclic) bond motifs is 1. The summed E-state index contributed by atoms with van der Waals surface area (Å²) >= 11 is 0. The van der Waals surface area contributed by atoms with Crippen LogP contribution in [0, 0.1) is 0 Å². The maximum absolute atomic E-state index is 13.5. The van der Waals surface area contributed by atoms with Crippen molar-refractivity contribution in [1.29, 1.82) is 0 Å². The second-order valence-electron chi connectivity index (χ2n) is 7.73. The fourth-order valence-electron chi connectivity index (χ4n) is 3.55. The number of nitrogens with two attached hydrogens (primary N) is 1. The topological polar surface area (TPSA) is 160 Å². The molecule has 0 radical (unpaired) electrons. The molecule has 13 heteroatoms. The lowest BCUT2D eigenvalue weighted by Crippen LogP contribution is -2.36. The number of aromatic nitrogens is 3. The van der Waals surface area contributed by atoms with Gasteiger partial charge in [-0.2, -0.15) is 5.09 Å². The molecule has 1 fully saturated rings. The van der Waals surface area contributed by atoms with Gasteiger partial charge in [0.15, 0.2) is 5.65 Å². The molecular formula is C21H26N5O7P. The number of hydrogen-bond acceptors (Lipinski definition) is 10. The maximum atomic E-state index is 13.5. The molecular weight excluding hydrogens is 465 g/mol. The maximum Gasteiger partial charge on any atom is 0.459 e. The normalized spacial score (nSPS) is 22.9. The van der Waals surface area contributed by atoms with Crippen molar-refractivity contribution in [2.75, 3.05) is 19.5 Å². The van der Waals surface area contributed by atoms with E-state index in [0.717, 1.165) is 0 Å². The van der Waals surface area contributed by atoms with Crippen LogP contribution < -0.4 is 15.3 Å². The van der Waals surface area contributed by atoms with Gasteiger partial charge in [-0.1, -0.05) is 18.2 Å². The average Bonchev–Trinajstić information content (AvgIpc) is 3.42. The standard InChI is InChI=1S/C21H26N5O7P/c1-13(21(28)30-2)25-34(29,33-14-6-4-3-5-7-14)31-11-17-16(27)10-18(32-17)26-12-24-19-15(22)8-9-23-20(19)26/h3-9,12-13,16-18,27H,10-11H2,1-2H3,(H2,22,23)(H,25,29)/t13-,16-,17+,18+,34?/m0/s1. The van der Waals surface area contributed by atoms with Crippen LogP contribution in [0.1, 0.15) is 19.6 Å². The lowest BCUT2D eigenvalue weighted by atomic mass is 10.2. The number of nitrogens with one attached hydrogen (secondary N) is 1. The lowest BCUT2D eigenvalue weighted by Gasteiger charge is -2.24. The number of anilines is 1. The van der Waals surface area contributed by atoms with Gasteiger partial charge in [0.05, 0.1) is 31.8 Å². The molecule has 0 saturated carbocycles. The molecule has 5 atom stereocenters. The molecule has 34 heavy (non-hydrogen) atoms. The van der Waals surface area contributed by atoms with Gasteiger partial charge >= 0.3 is 13.7 Å². The molecule has 4 rings (SSSR count). The van der Waals surface area contributed by atoms with Gasteiger partial charge in [-0.05, 0) is 25.1 Å². The second kappa shape index (κ2) is 10.1. The number of esters is 1. The monoisotopic (exact) mass is 491 g/mol. The number of aliphatic hydroxyl groups excluding tert-OH is 1. The molecule has 1 saturated heterocycles. The summed E-state index contributed by atoms with van der Waals surface area (Å²) in [4.78, 5) is 20.4. The number of hydrogen-bond donors (Lipinski definition) is 3. The fraction of sp³-hybridized carbons (Fsp3) is 0.381. The van der Waals surface area contributed by atoms with Crippen LogP contribution in [-0.4, -0.2) is 57.6 Å². The number of rotatable bonds is 9. The molecule has 3 heterocycles. The highest BCUT2D eigenvalue weighted by atomic mass is 31.2. The first-order chi connectivity index (χ1) is 16.3. The van der Waals surface area contributed by atoms with Gasteiger partial charge in [0.2, 0.25) is 0 Å². The van der Waals surface area contributed by atoms with E-state index in [1.165, 1.54) is 20.4 Å². The van der Waals surface area contributed by atoms with Gasteiger partial charge in [-0.25, -0.2) is 14.5 Å². The number of nitrogens with zero attached hydrogens (tertiary/aromatic N) is 3. The zero-order valence-corrected chi connectivity index (χ0v) is 19.5. The smallest absolute Gasteiger partial charge is 0.459 e. The number of aliphatic hydroxyl groups is 1. The van der Waals surface area contributed by atoms with Gasteiger partial charge in [0, 0.05) is 12.6 Å². The van der Waals surface area contributed by atoms with Crippen molar-refractivity contribution in [3.05, 3.63) is 48.9 Å². The summed E-state index contributed by atoms with van der Waals surface area (Å²) in [5, 5.41) is 13.1. The Hall–Kier alpha value is -3.02. The first-order valence-corrected chi connectivity index (χ1v) is 12.1. The summed E-state index contributed by atoms with van der Waals surface area (Å²) in [5.41, 5.74) is 7.47. The highest BCUT2D eigenvalue weighted by molar-refractivity contribution is 7.52. The number of para-hydroxylation sites is 1. The van der Waals surface area contributed by atoms with Gasteiger partial charge in [-0.3, -0.25) is 13.9 Å². The summed E-state index contributed by atoms with van der Waals surface area (Å²) < 4.78 is 36.9. The predicted molar refractivity (Wildman–Crippen MR) is 122 cm³/mol. The van der Waals surface area contributed by atoms with Gasteiger partial charge in [0.1, 0.15) is 29.6 Å². The number of carbonyl (C=O) groups excluding carboxylic acids is 1. The van der Waals surface area contributed by atoms with Crippen molar-refractivity contribution in [3.63, 3.8) is 0 Å². The Kier molecular flexibility index (Phi) is 7.15. The van der Waals surface area contributed by atoms with Crippen molar-refractivity contribution in [2.24, 2.45) is 0 Å². The van der Waals surface area contributed by atoms with Crippen molar-refractivity contribution in [1.82, 2.24) is 19.6 Å². The van der Waals surface area contributed by atoms with Crippen LogP contribution in [-0.2, 0) is 23.4 Å². The zero-order chi connectivity index (χ0) is 24.3. The highest BCUT2D eigenvalue weighted by Crippen LogP contribution is 2.46. The number of methoxy groups -OCH3 is 1. The summed E-state index contributed by atoms with van der Waals surface area (Å²) in [7, 11) is -2.84. The van der Waals surface area contributed by atoms with Crippen LogP contribution in [0.15, 0.2) is 48.9 Å². The van der Waals surface area contributed by atoms with Gasteiger partial charge in [0.25, 0.3) is 0 Å². The molecule has 0 aliphatic carbocycles. The summed E-state index contributed by atoms with van der Waals surface area (Å²) in [6.07, 6.45) is 0.994. The molecule has 3 aromatic rings. The lowest BCUT2D eigenvalue weighted by molar-refractivity contribution is -0.142. The molecule has 2 aromatic heterocycles. The number of pyridine rings is 1. The third-order valence-corrected chi connectivity index (χ3v) is 6.93. The summed E-state index contributed by atoms with van der Waals surface area (Å²) in [6.45, 7) is 1.20. The van der Waals surface area contributed by atoms with Gasteiger partial charge < -0.3 is 24.8 Å². The van der Waals surface area contributed by atoms with E-state index in [9.17, 15) is 14.5 Å². The van der Waals surface area contributed by atoms with E-state index >= 15 is 0 Å². The molecule has 0 bridgehead atoms. The summed E-state index contributed by atoms with van der Waals surface area (Å²) in [6, 6.07) is 9.04. The van der Waals surface area contributed by atoms with Crippen molar-refractivity contribution < 1.29 is 33.0 Å². The Labute approximate surface area is 195 Å². The van der Waals surface area contributed by atoms with Crippen LogP contribution in [0.4, 0.5) is 5.69 Å². The van der Waals surface area contributed by atoms with Crippen LogP contribution in [0.5, 0.6) is 5.75 Å². The zero-order valence-electron chi connectivity index (χ0n) is 18.6. The third kappa shape index (κ3) is 5.21. The molecule has 0 spiro atoms. The van der Waals surface area contributed by atoms with Crippen molar-refractivity contribution in [3.8, 4) is 5.75 Å². The number of nitrogen functional groups attached to an aromatic ring is 1. The predicted octanol–water partition coefficient (Wildman–Crippen LogP) is 2.02. The highest BCUT2D eigenvalue weighted by Gasteiger charge is 2.39. The first kappa shape index (κ1) is 24.1.